The summed E-state index contributed by atoms with van der Waals surface area (Å²) in [6, 6.07) is 13.0. The molecule has 7 nitrogen and oxygen atoms in total. The Morgan fingerprint density at radius 1 is 1.23 bits per heavy atom. The lowest BCUT2D eigenvalue weighted by Crippen LogP contribution is -2.02. The summed E-state index contributed by atoms with van der Waals surface area (Å²) in [6.45, 7) is 2.77. The second kappa shape index (κ2) is 7.69. The average molecular weight is 352 g/mol. The molecule has 0 saturated heterocycles. The molecule has 0 radical (unpaired) electrons. The first-order chi connectivity index (χ1) is 12.6. The maximum absolute atomic E-state index is 11.1. The molecule has 3 rings (SSSR count). The summed E-state index contributed by atoms with van der Waals surface area (Å²) in [4.78, 5) is 10.6. The van der Waals surface area contributed by atoms with Crippen molar-refractivity contribution in [2.45, 2.75) is 13.5 Å². The van der Waals surface area contributed by atoms with Crippen LogP contribution in [-0.4, -0.2) is 21.3 Å². The van der Waals surface area contributed by atoms with Crippen molar-refractivity contribution in [1.82, 2.24) is 9.78 Å². The van der Waals surface area contributed by atoms with Crippen molar-refractivity contribution >= 4 is 11.4 Å². The fourth-order valence-electron chi connectivity index (χ4n) is 2.68. The lowest BCUT2D eigenvalue weighted by molar-refractivity contribution is -0.385. The fourth-order valence-corrected chi connectivity index (χ4v) is 2.68. The molecular formula is C19H20N4O3. The zero-order valence-corrected chi connectivity index (χ0v) is 14.7. The van der Waals surface area contributed by atoms with E-state index in [9.17, 15) is 10.1 Å². The van der Waals surface area contributed by atoms with Gasteiger partial charge in [0.1, 0.15) is 0 Å². The van der Waals surface area contributed by atoms with E-state index in [2.05, 4.69) is 16.5 Å². The lowest BCUT2D eigenvalue weighted by Gasteiger charge is -2.10. The van der Waals surface area contributed by atoms with Crippen LogP contribution in [-0.2, 0) is 13.6 Å². The van der Waals surface area contributed by atoms with Gasteiger partial charge >= 0.3 is 5.69 Å². The van der Waals surface area contributed by atoms with E-state index in [1.54, 1.807) is 23.7 Å². The molecule has 7 heteroatoms. The molecule has 1 N–H and O–H groups in total. The van der Waals surface area contributed by atoms with Crippen molar-refractivity contribution in [3.05, 3.63) is 70.5 Å². The number of nitrogens with zero attached hydrogens (tertiary/aromatic N) is 3. The lowest BCUT2D eigenvalue weighted by atomic mass is 10.1. The minimum atomic E-state index is -0.438. The number of aromatic nitrogens is 2. The Kier molecular flexibility index (Phi) is 5.17. The fraction of sp³-hybridized carbons (Fsp3) is 0.211. The molecule has 1 aromatic heterocycles. The average Bonchev–Trinajstić information content (AvgIpc) is 3.07. The van der Waals surface area contributed by atoms with Gasteiger partial charge in [-0.05, 0) is 30.2 Å². The number of nitro benzene ring substituents is 1. The van der Waals surface area contributed by atoms with Crippen LogP contribution in [0.4, 0.5) is 11.4 Å². The van der Waals surface area contributed by atoms with Gasteiger partial charge in [-0.3, -0.25) is 14.8 Å². The minimum absolute atomic E-state index is 0.0315. The van der Waals surface area contributed by atoms with Crippen LogP contribution in [0.3, 0.4) is 0 Å². The van der Waals surface area contributed by atoms with Crippen LogP contribution in [0.15, 0.2) is 54.9 Å². The van der Waals surface area contributed by atoms with Crippen molar-refractivity contribution < 1.29 is 9.66 Å². The Balaban J connectivity index is 1.75. The van der Waals surface area contributed by atoms with E-state index in [0.717, 1.165) is 22.4 Å². The molecular weight excluding hydrogens is 332 g/mol. The van der Waals surface area contributed by atoms with E-state index in [4.69, 9.17) is 4.74 Å². The molecule has 0 amide bonds. The van der Waals surface area contributed by atoms with Crippen LogP contribution in [0.5, 0.6) is 5.75 Å². The van der Waals surface area contributed by atoms with Gasteiger partial charge in [0.25, 0.3) is 0 Å². The number of hydrogen-bond acceptors (Lipinski definition) is 5. The molecule has 0 atom stereocenters. The summed E-state index contributed by atoms with van der Waals surface area (Å²) in [5.74, 6) is 0.270. The Labute approximate surface area is 151 Å². The van der Waals surface area contributed by atoms with Gasteiger partial charge in [-0.2, -0.15) is 5.10 Å². The molecule has 0 fully saturated rings. The molecule has 0 aliphatic rings. The topological polar surface area (TPSA) is 82.2 Å². The first kappa shape index (κ1) is 17.5. The zero-order chi connectivity index (χ0) is 18.5. The van der Waals surface area contributed by atoms with E-state index < -0.39 is 4.92 Å². The molecule has 26 heavy (non-hydrogen) atoms. The highest BCUT2D eigenvalue weighted by Crippen LogP contribution is 2.30. The number of aryl methyl sites for hydroxylation is 1. The highest BCUT2D eigenvalue weighted by molar-refractivity contribution is 5.63. The number of nitro groups is 1. The third-order valence-electron chi connectivity index (χ3n) is 3.92. The molecule has 0 spiro atoms. The minimum Gasteiger partial charge on any atom is -0.487 e. The highest BCUT2D eigenvalue weighted by Gasteiger charge is 2.15. The Hall–Kier alpha value is -3.35. The van der Waals surface area contributed by atoms with Gasteiger partial charge in [-0.15, -0.1) is 0 Å². The van der Waals surface area contributed by atoms with Gasteiger partial charge < -0.3 is 10.1 Å². The molecule has 0 bridgehead atoms. The molecule has 0 unspecified atom stereocenters. The van der Waals surface area contributed by atoms with Gasteiger partial charge in [0, 0.05) is 43.2 Å². The maximum atomic E-state index is 11.1. The largest absolute Gasteiger partial charge is 0.487 e. The maximum Gasteiger partial charge on any atom is 0.311 e. The predicted octanol–water partition coefficient (Wildman–Crippen LogP) is 4.01. The molecule has 0 saturated carbocycles. The molecule has 1 heterocycles. The summed E-state index contributed by atoms with van der Waals surface area (Å²) in [6.07, 6.45) is 3.80. The summed E-state index contributed by atoms with van der Waals surface area (Å²) < 4.78 is 7.15. The third-order valence-corrected chi connectivity index (χ3v) is 3.92. The predicted molar refractivity (Wildman–Crippen MR) is 100 cm³/mol. The van der Waals surface area contributed by atoms with E-state index in [1.807, 2.05) is 37.6 Å². The number of hydrogen-bond donors (Lipinski definition) is 1. The quantitative estimate of drug-likeness (QED) is 0.513. The summed E-state index contributed by atoms with van der Waals surface area (Å²) in [5.41, 5.74) is 3.99. The second-order valence-corrected chi connectivity index (χ2v) is 5.83. The summed E-state index contributed by atoms with van der Waals surface area (Å²) >= 11 is 0. The third kappa shape index (κ3) is 4.00. The van der Waals surface area contributed by atoms with Crippen LogP contribution in [0, 0.1) is 10.1 Å². The van der Waals surface area contributed by atoms with E-state index in [1.165, 1.54) is 6.07 Å². The smallest absolute Gasteiger partial charge is 0.311 e. The first-order valence-corrected chi connectivity index (χ1v) is 8.30. The van der Waals surface area contributed by atoms with Crippen LogP contribution >= 0.6 is 0 Å². The van der Waals surface area contributed by atoms with E-state index in [0.29, 0.717) is 13.2 Å². The molecule has 0 aliphatic carbocycles. The number of ether oxygens (including phenoxy) is 1. The van der Waals surface area contributed by atoms with Crippen molar-refractivity contribution in [2.75, 3.05) is 11.9 Å². The zero-order valence-electron chi connectivity index (χ0n) is 14.7. The van der Waals surface area contributed by atoms with Crippen molar-refractivity contribution in [3.8, 4) is 16.9 Å². The van der Waals surface area contributed by atoms with Crippen LogP contribution in [0.1, 0.15) is 12.5 Å². The number of rotatable bonds is 7. The van der Waals surface area contributed by atoms with Crippen LogP contribution in [0.25, 0.3) is 11.1 Å². The standard InChI is InChI=1S/C19H20N4O3/c1-3-26-19-10-17(7-8-18(19)23(24)25)20-11-14-5-4-6-15(9-14)16-12-21-22(2)13-16/h4-10,12-13,20H,3,11H2,1-2H3. The highest BCUT2D eigenvalue weighted by atomic mass is 16.6. The van der Waals surface area contributed by atoms with Gasteiger partial charge in [-0.1, -0.05) is 18.2 Å². The Morgan fingerprint density at radius 2 is 2.08 bits per heavy atom. The number of anilines is 1. The molecule has 2 aromatic carbocycles. The number of nitrogens with one attached hydrogen (secondary N) is 1. The molecule has 0 aliphatic heterocycles. The Bertz CT molecular complexity index is 921. The van der Waals surface area contributed by atoms with Gasteiger partial charge in [0.05, 0.1) is 17.7 Å². The van der Waals surface area contributed by atoms with E-state index in [-0.39, 0.29) is 11.4 Å². The van der Waals surface area contributed by atoms with Crippen molar-refractivity contribution in [1.29, 1.82) is 0 Å². The monoisotopic (exact) mass is 352 g/mol. The summed E-state index contributed by atoms with van der Waals surface area (Å²) in [5, 5.41) is 18.5. The normalized spacial score (nSPS) is 10.5. The molecule has 134 valence electrons. The Morgan fingerprint density at radius 3 is 2.77 bits per heavy atom. The van der Waals surface area contributed by atoms with Gasteiger partial charge in [-0.25, -0.2) is 0 Å². The van der Waals surface area contributed by atoms with Crippen LogP contribution < -0.4 is 10.1 Å². The summed E-state index contributed by atoms with van der Waals surface area (Å²) in [7, 11) is 1.89. The SMILES string of the molecule is CCOc1cc(NCc2cccc(-c3cnn(C)c3)c2)ccc1[N+](=O)[O-]. The van der Waals surface area contributed by atoms with Crippen molar-refractivity contribution in [2.24, 2.45) is 7.05 Å². The van der Waals surface area contributed by atoms with E-state index >= 15 is 0 Å². The second-order valence-electron chi connectivity index (χ2n) is 5.83. The van der Waals surface area contributed by atoms with Crippen LogP contribution in [0.2, 0.25) is 0 Å². The number of benzene rings is 2. The van der Waals surface area contributed by atoms with Gasteiger partial charge in [0.15, 0.2) is 5.75 Å². The van der Waals surface area contributed by atoms with Crippen molar-refractivity contribution in [3.63, 3.8) is 0 Å². The first-order valence-electron chi connectivity index (χ1n) is 8.30. The van der Waals surface area contributed by atoms with Gasteiger partial charge in [0.2, 0.25) is 0 Å². The molecule has 3 aromatic rings.